The van der Waals surface area contributed by atoms with Gasteiger partial charge in [0.05, 0.1) is 10.5 Å². The highest BCUT2D eigenvalue weighted by Gasteiger charge is 2.30. The minimum absolute atomic E-state index is 0.303. The van der Waals surface area contributed by atoms with Gasteiger partial charge in [-0.05, 0) is 39.9 Å². The lowest BCUT2D eigenvalue weighted by Gasteiger charge is -2.00. The summed E-state index contributed by atoms with van der Waals surface area (Å²) >= 11 is 3.35. The summed E-state index contributed by atoms with van der Waals surface area (Å²) in [6, 6.07) is 0. The first-order chi connectivity index (χ1) is 5.70. The molecule has 64 valence electrons. The molecule has 0 saturated carbocycles. The molecule has 0 spiro atoms. The second-order valence-electron chi connectivity index (χ2n) is 2.97. The summed E-state index contributed by atoms with van der Waals surface area (Å²) in [6.07, 6.45) is 3.37. The fourth-order valence-corrected chi connectivity index (χ4v) is 2.25. The van der Waals surface area contributed by atoms with E-state index in [0.29, 0.717) is 0 Å². The molecule has 0 saturated heterocycles. The second kappa shape index (κ2) is 2.62. The Morgan fingerprint density at radius 2 is 2.50 bits per heavy atom. The molecule has 1 aromatic rings. The van der Waals surface area contributed by atoms with Crippen LogP contribution in [-0.2, 0) is 11.2 Å². The van der Waals surface area contributed by atoms with E-state index in [2.05, 4.69) is 20.9 Å². The highest BCUT2D eigenvalue weighted by Crippen LogP contribution is 2.37. The first kappa shape index (κ1) is 7.86. The fourth-order valence-electron chi connectivity index (χ4n) is 1.71. The average Bonchev–Trinajstić information content (AvgIpc) is 2.53. The number of carbonyl (C=O) groups is 1. The molecule has 4 heteroatoms. The van der Waals surface area contributed by atoms with E-state index in [1.165, 1.54) is 0 Å². The van der Waals surface area contributed by atoms with E-state index in [9.17, 15) is 4.79 Å². The van der Waals surface area contributed by atoms with Crippen molar-refractivity contribution in [3.05, 3.63) is 21.9 Å². The Morgan fingerprint density at radius 3 is 3.17 bits per heavy atom. The maximum absolute atomic E-state index is 10.7. The zero-order valence-corrected chi connectivity index (χ0v) is 7.89. The standard InChI is InChI=1S/C8H8BrNO2/c9-7-4-1-2-5(8(11)12)6(4)3-10-7/h3,5,10H,1-2H2,(H,11,12). The molecule has 1 aliphatic rings. The minimum Gasteiger partial charge on any atom is -0.481 e. The molecular weight excluding hydrogens is 222 g/mol. The maximum atomic E-state index is 10.7. The summed E-state index contributed by atoms with van der Waals surface area (Å²) in [5.41, 5.74) is 2.07. The van der Waals surface area contributed by atoms with Crippen LogP contribution in [0.4, 0.5) is 0 Å². The van der Waals surface area contributed by atoms with Crippen molar-refractivity contribution in [2.75, 3.05) is 0 Å². The lowest BCUT2D eigenvalue weighted by atomic mass is 10.1. The molecule has 1 aliphatic carbocycles. The number of fused-ring (bicyclic) bond motifs is 1. The Balaban J connectivity index is 2.43. The Morgan fingerprint density at radius 1 is 1.75 bits per heavy atom. The Hall–Kier alpha value is -0.770. The SMILES string of the molecule is O=C(O)C1CCc2c1c[nH]c2Br. The maximum Gasteiger partial charge on any atom is 0.311 e. The van der Waals surface area contributed by atoms with Crippen molar-refractivity contribution >= 4 is 21.9 Å². The molecule has 2 rings (SSSR count). The van der Waals surface area contributed by atoms with Crippen molar-refractivity contribution in [2.45, 2.75) is 18.8 Å². The molecule has 0 aromatic carbocycles. The number of H-pyrrole nitrogens is 1. The van der Waals surface area contributed by atoms with Gasteiger partial charge in [0.2, 0.25) is 0 Å². The largest absolute Gasteiger partial charge is 0.481 e. The molecule has 1 unspecified atom stereocenters. The third kappa shape index (κ3) is 0.982. The molecule has 1 aromatic heterocycles. The molecule has 3 nitrogen and oxygen atoms in total. The first-order valence-electron chi connectivity index (χ1n) is 3.78. The third-order valence-electron chi connectivity index (χ3n) is 2.32. The predicted molar refractivity (Wildman–Crippen MR) is 47.2 cm³/mol. The number of rotatable bonds is 1. The Bertz CT molecular complexity index is 332. The number of hydrogen-bond donors (Lipinski definition) is 2. The fraction of sp³-hybridized carbons (Fsp3) is 0.375. The van der Waals surface area contributed by atoms with Gasteiger partial charge in [0, 0.05) is 6.20 Å². The van der Waals surface area contributed by atoms with E-state index >= 15 is 0 Å². The van der Waals surface area contributed by atoms with Gasteiger partial charge in [0.15, 0.2) is 0 Å². The molecule has 0 amide bonds. The van der Waals surface area contributed by atoms with Gasteiger partial charge < -0.3 is 10.1 Å². The zero-order chi connectivity index (χ0) is 8.72. The number of hydrogen-bond acceptors (Lipinski definition) is 1. The van der Waals surface area contributed by atoms with Crippen LogP contribution in [0, 0.1) is 0 Å². The molecule has 12 heavy (non-hydrogen) atoms. The Labute approximate surface area is 77.9 Å². The van der Waals surface area contributed by atoms with Crippen molar-refractivity contribution in [1.29, 1.82) is 0 Å². The van der Waals surface area contributed by atoms with Crippen LogP contribution >= 0.6 is 15.9 Å². The van der Waals surface area contributed by atoms with Crippen LogP contribution in [0.5, 0.6) is 0 Å². The predicted octanol–water partition coefficient (Wildman–Crippen LogP) is 1.89. The minimum atomic E-state index is -0.722. The van der Waals surface area contributed by atoms with Gasteiger partial charge in [-0.15, -0.1) is 0 Å². The van der Waals surface area contributed by atoms with Gasteiger partial charge in [0.1, 0.15) is 0 Å². The number of aliphatic carboxylic acids is 1. The third-order valence-corrected chi connectivity index (χ3v) is 3.03. The summed E-state index contributed by atoms with van der Waals surface area (Å²) in [5, 5.41) is 8.84. The molecule has 1 atom stereocenters. The van der Waals surface area contributed by atoms with Crippen LogP contribution in [0.2, 0.25) is 0 Å². The van der Waals surface area contributed by atoms with Crippen LogP contribution in [-0.4, -0.2) is 16.1 Å². The van der Waals surface area contributed by atoms with Gasteiger partial charge in [-0.3, -0.25) is 4.79 Å². The number of aromatic amines is 1. The van der Waals surface area contributed by atoms with E-state index in [1.807, 2.05) is 0 Å². The van der Waals surface area contributed by atoms with Crippen molar-refractivity contribution in [3.8, 4) is 0 Å². The number of carboxylic acids is 1. The van der Waals surface area contributed by atoms with Gasteiger partial charge >= 0.3 is 5.97 Å². The summed E-state index contributed by atoms with van der Waals surface area (Å²) in [6.45, 7) is 0. The van der Waals surface area contributed by atoms with Crippen molar-refractivity contribution in [2.24, 2.45) is 0 Å². The lowest BCUT2D eigenvalue weighted by Crippen LogP contribution is -2.06. The highest BCUT2D eigenvalue weighted by molar-refractivity contribution is 9.10. The number of halogens is 1. The van der Waals surface area contributed by atoms with Gasteiger partial charge in [-0.1, -0.05) is 0 Å². The van der Waals surface area contributed by atoms with Crippen LogP contribution in [0.25, 0.3) is 0 Å². The van der Waals surface area contributed by atoms with Crippen LogP contribution in [0.1, 0.15) is 23.5 Å². The second-order valence-corrected chi connectivity index (χ2v) is 3.76. The van der Waals surface area contributed by atoms with Crippen molar-refractivity contribution < 1.29 is 9.90 Å². The van der Waals surface area contributed by atoms with Gasteiger partial charge in [-0.2, -0.15) is 0 Å². The first-order valence-corrected chi connectivity index (χ1v) is 4.58. The zero-order valence-electron chi connectivity index (χ0n) is 6.30. The topological polar surface area (TPSA) is 53.1 Å². The quantitative estimate of drug-likeness (QED) is 0.773. The van der Waals surface area contributed by atoms with E-state index in [1.54, 1.807) is 6.20 Å². The summed E-state index contributed by atoms with van der Waals surface area (Å²) in [5.74, 6) is -1.03. The van der Waals surface area contributed by atoms with E-state index in [0.717, 1.165) is 28.6 Å². The molecule has 0 bridgehead atoms. The summed E-state index contributed by atoms with van der Waals surface area (Å²) in [4.78, 5) is 13.7. The summed E-state index contributed by atoms with van der Waals surface area (Å²) < 4.78 is 0.932. The Kier molecular flexibility index (Phi) is 1.72. The van der Waals surface area contributed by atoms with Crippen molar-refractivity contribution in [1.82, 2.24) is 4.98 Å². The molecular formula is C8H8BrNO2. The van der Waals surface area contributed by atoms with E-state index in [-0.39, 0.29) is 5.92 Å². The molecule has 2 N–H and O–H groups in total. The summed E-state index contributed by atoms with van der Waals surface area (Å²) in [7, 11) is 0. The van der Waals surface area contributed by atoms with Crippen LogP contribution < -0.4 is 0 Å². The molecule has 1 heterocycles. The number of carboxylic acid groups (broad SMARTS) is 1. The number of aromatic nitrogens is 1. The molecule has 0 aliphatic heterocycles. The van der Waals surface area contributed by atoms with Crippen molar-refractivity contribution in [3.63, 3.8) is 0 Å². The normalized spacial score (nSPS) is 20.9. The lowest BCUT2D eigenvalue weighted by molar-refractivity contribution is -0.138. The number of nitrogens with one attached hydrogen (secondary N) is 1. The van der Waals surface area contributed by atoms with Gasteiger partial charge in [0.25, 0.3) is 0 Å². The average molecular weight is 230 g/mol. The van der Waals surface area contributed by atoms with Crippen LogP contribution in [0.3, 0.4) is 0 Å². The van der Waals surface area contributed by atoms with E-state index < -0.39 is 5.97 Å². The van der Waals surface area contributed by atoms with Crippen LogP contribution in [0.15, 0.2) is 10.8 Å². The van der Waals surface area contributed by atoms with E-state index in [4.69, 9.17) is 5.11 Å². The molecule has 0 fully saturated rings. The highest BCUT2D eigenvalue weighted by atomic mass is 79.9. The molecule has 0 radical (unpaired) electrons. The monoisotopic (exact) mass is 229 g/mol. The smallest absolute Gasteiger partial charge is 0.311 e. The van der Waals surface area contributed by atoms with Gasteiger partial charge in [-0.25, -0.2) is 0 Å².